The van der Waals surface area contributed by atoms with Gasteiger partial charge in [0.05, 0.1) is 19.0 Å². The largest absolute Gasteiger partial charge is 0.494 e. The van der Waals surface area contributed by atoms with Gasteiger partial charge in [-0.1, -0.05) is 11.8 Å². The standard InChI is InChI=1S/C20H22N4O4S/c1-3-26-15-7-5-14(6-8-15)19-22-23-20(24(19)21)29-13-18(25)28-17-11-9-16(10-12-17)27-4-2/h5-12H,3-4,13,21H2,1-2H3. The Kier molecular flexibility index (Phi) is 6.96. The van der Waals surface area contributed by atoms with Crippen molar-refractivity contribution in [1.29, 1.82) is 0 Å². The molecule has 9 heteroatoms. The van der Waals surface area contributed by atoms with Crippen LogP contribution >= 0.6 is 11.8 Å². The van der Waals surface area contributed by atoms with Crippen LogP contribution in [0.5, 0.6) is 17.2 Å². The van der Waals surface area contributed by atoms with Gasteiger partial charge in [0.15, 0.2) is 5.82 Å². The molecule has 0 saturated carbocycles. The molecule has 0 saturated heterocycles. The van der Waals surface area contributed by atoms with Crippen molar-refractivity contribution in [1.82, 2.24) is 14.9 Å². The Balaban J connectivity index is 1.57. The number of hydrogen-bond donors (Lipinski definition) is 1. The lowest BCUT2D eigenvalue weighted by molar-refractivity contribution is -0.131. The molecule has 2 aromatic carbocycles. The van der Waals surface area contributed by atoms with Gasteiger partial charge >= 0.3 is 5.97 Å². The lowest BCUT2D eigenvalue weighted by atomic mass is 10.2. The van der Waals surface area contributed by atoms with Crippen molar-refractivity contribution in [3.8, 4) is 28.6 Å². The molecule has 3 rings (SSSR count). The van der Waals surface area contributed by atoms with E-state index in [0.717, 1.165) is 28.8 Å². The quantitative estimate of drug-likeness (QED) is 0.247. The zero-order chi connectivity index (χ0) is 20.6. The highest BCUT2D eigenvalue weighted by atomic mass is 32.2. The smallest absolute Gasteiger partial charge is 0.321 e. The summed E-state index contributed by atoms with van der Waals surface area (Å²) in [4.78, 5) is 12.1. The summed E-state index contributed by atoms with van der Waals surface area (Å²) in [7, 11) is 0. The molecule has 0 amide bonds. The lowest BCUT2D eigenvalue weighted by Crippen LogP contribution is -2.14. The molecule has 0 radical (unpaired) electrons. The highest BCUT2D eigenvalue weighted by Gasteiger charge is 2.15. The van der Waals surface area contributed by atoms with Gasteiger partial charge in [0.25, 0.3) is 0 Å². The van der Waals surface area contributed by atoms with E-state index >= 15 is 0 Å². The molecular weight excluding hydrogens is 392 g/mol. The molecule has 0 unspecified atom stereocenters. The molecule has 1 aromatic heterocycles. The molecule has 152 valence electrons. The van der Waals surface area contributed by atoms with Crippen LogP contribution in [-0.4, -0.2) is 39.8 Å². The fourth-order valence-electron chi connectivity index (χ4n) is 2.49. The van der Waals surface area contributed by atoms with E-state index in [1.165, 1.54) is 4.68 Å². The predicted octanol–water partition coefficient (Wildman–Crippen LogP) is 3.15. The van der Waals surface area contributed by atoms with Crippen molar-refractivity contribution in [2.24, 2.45) is 0 Å². The molecule has 0 aliphatic heterocycles. The van der Waals surface area contributed by atoms with Gasteiger partial charge in [-0.05, 0) is 62.4 Å². The highest BCUT2D eigenvalue weighted by Crippen LogP contribution is 2.24. The molecule has 0 aliphatic carbocycles. The Morgan fingerprint density at radius 1 is 0.931 bits per heavy atom. The van der Waals surface area contributed by atoms with E-state index in [9.17, 15) is 4.79 Å². The maximum Gasteiger partial charge on any atom is 0.321 e. The van der Waals surface area contributed by atoms with Crippen molar-refractivity contribution >= 4 is 17.7 Å². The molecule has 29 heavy (non-hydrogen) atoms. The van der Waals surface area contributed by atoms with Gasteiger partial charge in [0, 0.05) is 5.56 Å². The average molecular weight is 414 g/mol. The first-order chi connectivity index (χ1) is 14.1. The minimum atomic E-state index is -0.412. The van der Waals surface area contributed by atoms with Crippen molar-refractivity contribution in [3.05, 3.63) is 48.5 Å². The summed E-state index contributed by atoms with van der Waals surface area (Å²) in [5.41, 5.74) is 0.798. The van der Waals surface area contributed by atoms with E-state index in [0.29, 0.717) is 29.9 Å². The molecule has 0 aliphatic rings. The number of esters is 1. The minimum Gasteiger partial charge on any atom is -0.494 e. The second kappa shape index (κ2) is 9.83. The van der Waals surface area contributed by atoms with Gasteiger partial charge < -0.3 is 20.1 Å². The second-order valence-corrected chi connectivity index (χ2v) is 6.74. The van der Waals surface area contributed by atoms with Crippen LogP contribution in [0.25, 0.3) is 11.4 Å². The molecule has 0 fully saturated rings. The fourth-order valence-corrected chi connectivity index (χ4v) is 3.12. The number of aromatic nitrogens is 3. The van der Waals surface area contributed by atoms with E-state index in [-0.39, 0.29) is 5.75 Å². The second-order valence-electron chi connectivity index (χ2n) is 5.80. The number of ether oxygens (including phenoxy) is 3. The van der Waals surface area contributed by atoms with Gasteiger partial charge in [0.2, 0.25) is 5.16 Å². The summed E-state index contributed by atoms with van der Waals surface area (Å²) >= 11 is 1.15. The Labute approximate surface area is 172 Å². The van der Waals surface area contributed by atoms with Crippen molar-refractivity contribution in [3.63, 3.8) is 0 Å². The van der Waals surface area contributed by atoms with Gasteiger partial charge in [-0.3, -0.25) is 4.79 Å². The number of nitrogens with zero attached hydrogens (tertiary/aromatic N) is 3. The molecule has 0 spiro atoms. The minimum absolute atomic E-state index is 0.0474. The Hall–Kier alpha value is -3.20. The van der Waals surface area contributed by atoms with Gasteiger partial charge in [0.1, 0.15) is 17.2 Å². The topological polar surface area (TPSA) is 101 Å². The monoisotopic (exact) mass is 414 g/mol. The van der Waals surface area contributed by atoms with Crippen LogP contribution in [0.3, 0.4) is 0 Å². The number of carbonyl (C=O) groups is 1. The van der Waals surface area contributed by atoms with E-state index in [1.807, 2.05) is 38.1 Å². The maximum absolute atomic E-state index is 12.1. The first-order valence-corrected chi connectivity index (χ1v) is 10.1. The number of carbonyl (C=O) groups excluding carboxylic acids is 1. The molecule has 2 N–H and O–H groups in total. The normalized spacial score (nSPS) is 10.6. The third-order valence-corrected chi connectivity index (χ3v) is 4.69. The van der Waals surface area contributed by atoms with Crippen LogP contribution in [0.1, 0.15) is 13.8 Å². The van der Waals surface area contributed by atoms with Crippen LogP contribution in [-0.2, 0) is 4.79 Å². The molecule has 1 heterocycles. The third-order valence-electron chi connectivity index (χ3n) is 3.77. The average Bonchev–Trinajstić information content (AvgIpc) is 3.09. The number of nitrogen functional groups attached to an aromatic ring is 1. The number of rotatable bonds is 9. The van der Waals surface area contributed by atoms with E-state index in [2.05, 4.69) is 10.2 Å². The van der Waals surface area contributed by atoms with Crippen LogP contribution in [0.2, 0.25) is 0 Å². The highest BCUT2D eigenvalue weighted by molar-refractivity contribution is 7.99. The summed E-state index contributed by atoms with van der Waals surface area (Å²) < 4.78 is 17.4. The summed E-state index contributed by atoms with van der Waals surface area (Å²) in [6, 6.07) is 14.3. The summed E-state index contributed by atoms with van der Waals surface area (Å²) in [6.45, 7) is 5.01. The van der Waals surface area contributed by atoms with Crippen LogP contribution < -0.4 is 20.1 Å². The zero-order valence-corrected chi connectivity index (χ0v) is 17.0. The van der Waals surface area contributed by atoms with Gasteiger partial charge in [-0.2, -0.15) is 0 Å². The lowest BCUT2D eigenvalue weighted by Gasteiger charge is -2.07. The van der Waals surface area contributed by atoms with Gasteiger partial charge in [-0.15, -0.1) is 10.2 Å². The molecule has 0 bridgehead atoms. The van der Waals surface area contributed by atoms with Crippen molar-refractivity contribution in [2.75, 3.05) is 24.8 Å². The van der Waals surface area contributed by atoms with E-state index in [1.54, 1.807) is 24.3 Å². The summed E-state index contributed by atoms with van der Waals surface area (Å²) in [6.07, 6.45) is 0. The summed E-state index contributed by atoms with van der Waals surface area (Å²) in [5.74, 6) is 8.16. The van der Waals surface area contributed by atoms with E-state index in [4.69, 9.17) is 20.1 Å². The molecule has 0 atom stereocenters. The van der Waals surface area contributed by atoms with Crippen LogP contribution in [0, 0.1) is 0 Å². The first kappa shape index (κ1) is 20.5. The third kappa shape index (κ3) is 5.41. The van der Waals surface area contributed by atoms with Crippen LogP contribution in [0.15, 0.2) is 53.7 Å². The van der Waals surface area contributed by atoms with Crippen LogP contribution in [0.4, 0.5) is 0 Å². The van der Waals surface area contributed by atoms with Crippen molar-refractivity contribution < 1.29 is 19.0 Å². The van der Waals surface area contributed by atoms with Crippen molar-refractivity contribution in [2.45, 2.75) is 19.0 Å². The fraction of sp³-hybridized carbons (Fsp3) is 0.250. The SMILES string of the molecule is CCOc1ccc(OC(=O)CSc2nnc(-c3ccc(OCC)cc3)n2N)cc1. The van der Waals surface area contributed by atoms with E-state index < -0.39 is 5.97 Å². The number of nitrogens with two attached hydrogens (primary N) is 1. The Morgan fingerprint density at radius 3 is 2.07 bits per heavy atom. The summed E-state index contributed by atoms with van der Waals surface area (Å²) in [5, 5.41) is 8.58. The molecular formula is C20H22N4O4S. The maximum atomic E-state index is 12.1. The molecule has 3 aromatic rings. The zero-order valence-electron chi connectivity index (χ0n) is 16.2. The number of thioether (sulfide) groups is 1. The van der Waals surface area contributed by atoms with Gasteiger partial charge in [-0.25, -0.2) is 4.68 Å². The Bertz CT molecular complexity index is 942. The first-order valence-electron chi connectivity index (χ1n) is 9.10. The number of benzene rings is 2. The number of hydrogen-bond acceptors (Lipinski definition) is 8. The Morgan fingerprint density at radius 2 is 1.48 bits per heavy atom. The predicted molar refractivity (Wildman–Crippen MR) is 111 cm³/mol. The molecule has 8 nitrogen and oxygen atoms in total.